The third-order valence-corrected chi connectivity index (χ3v) is 8.34. The molecule has 10 heteroatoms. The smallest absolute Gasteiger partial charge is 0.497 e. The number of aromatic carboxylic acids is 1. The van der Waals surface area contributed by atoms with E-state index in [0.717, 1.165) is 60.4 Å². The SMILES string of the molecule is COc1ccc2c(c1)C=C(c1ccccc1OC(F)(F)C(F)(F)F)Cn1c-2c(C2CCCCC2)c2ccc(C(=O)O)cc21. The molecule has 1 N–H and O–H groups in total. The number of benzene rings is 3. The van der Waals surface area contributed by atoms with Crippen LogP contribution >= 0.6 is 0 Å². The van der Waals surface area contributed by atoms with Gasteiger partial charge in [0.15, 0.2) is 0 Å². The zero-order valence-corrected chi connectivity index (χ0v) is 23.2. The van der Waals surface area contributed by atoms with Crippen molar-refractivity contribution in [3.05, 3.63) is 82.9 Å². The molecule has 1 aromatic heterocycles. The third-order valence-electron chi connectivity index (χ3n) is 8.34. The quantitative estimate of drug-likeness (QED) is 0.225. The predicted molar refractivity (Wildman–Crippen MR) is 153 cm³/mol. The third kappa shape index (κ3) is 5.13. The fourth-order valence-corrected chi connectivity index (χ4v) is 6.35. The van der Waals surface area contributed by atoms with Crippen LogP contribution in [0.1, 0.15) is 65.1 Å². The minimum Gasteiger partial charge on any atom is -0.497 e. The second kappa shape index (κ2) is 10.7. The van der Waals surface area contributed by atoms with Crippen molar-refractivity contribution in [1.82, 2.24) is 4.57 Å². The van der Waals surface area contributed by atoms with Crippen LogP contribution < -0.4 is 9.47 Å². The Morgan fingerprint density at radius 1 is 0.930 bits per heavy atom. The number of para-hydroxylation sites is 1. The number of alkyl halides is 5. The van der Waals surface area contributed by atoms with E-state index in [-0.39, 0.29) is 23.6 Å². The number of hydrogen-bond acceptors (Lipinski definition) is 3. The molecule has 0 spiro atoms. The summed E-state index contributed by atoms with van der Waals surface area (Å²) in [6.07, 6.45) is -4.41. The van der Waals surface area contributed by atoms with Crippen molar-refractivity contribution in [3.8, 4) is 22.8 Å². The van der Waals surface area contributed by atoms with Gasteiger partial charge in [-0.25, -0.2) is 4.79 Å². The minimum atomic E-state index is -5.91. The zero-order chi connectivity index (χ0) is 30.5. The monoisotopic (exact) mass is 597 g/mol. The van der Waals surface area contributed by atoms with Crippen molar-refractivity contribution in [1.29, 1.82) is 0 Å². The van der Waals surface area contributed by atoms with Crippen LogP contribution in [0, 0.1) is 0 Å². The summed E-state index contributed by atoms with van der Waals surface area (Å²) in [7, 11) is 1.52. The summed E-state index contributed by atoms with van der Waals surface area (Å²) in [6.45, 7) is 0.0661. The fourth-order valence-electron chi connectivity index (χ4n) is 6.35. The Bertz CT molecular complexity index is 1750. The first-order valence-corrected chi connectivity index (χ1v) is 14.0. The largest absolute Gasteiger partial charge is 0.499 e. The van der Waals surface area contributed by atoms with Crippen LogP contribution in [0.5, 0.6) is 11.5 Å². The molecule has 0 atom stereocenters. The highest BCUT2D eigenvalue weighted by atomic mass is 19.4. The van der Waals surface area contributed by atoms with E-state index in [0.29, 0.717) is 22.4 Å². The van der Waals surface area contributed by atoms with Gasteiger partial charge in [-0.05, 0) is 77.9 Å². The summed E-state index contributed by atoms with van der Waals surface area (Å²) in [5, 5.41) is 10.7. The summed E-state index contributed by atoms with van der Waals surface area (Å²) in [6, 6.07) is 15.9. The summed E-state index contributed by atoms with van der Waals surface area (Å²) in [4.78, 5) is 12.0. The average molecular weight is 598 g/mol. The molecule has 1 fully saturated rings. The van der Waals surface area contributed by atoms with Gasteiger partial charge in [-0.1, -0.05) is 43.5 Å². The van der Waals surface area contributed by atoms with Gasteiger partial charge in [0.25, 0.3) is 0 Å². The van der Waals surface area contributed by atoms with Crippen molar-refractivity contribution < 1.29 is 41.3 Å². The molecule has 0 saturated heterocycles. The Morgan fingerprint density at radius 2 is 1.67 bits per heavy atom. The zero-order valence-electron chi connectivity index (χ0n) is 23.2. The van der Waals surface area contributed by atoms with Crippen LogP contribution in [0.2, 0.25) is 0 Å². The number of fused-ring (bicyclic) bond motifs is 5. The number of allylic oxidation sites excluding steroid dienone is 1. The van der Waals surface area contributed by atoms with Crippen LogP contribution in [0.15, 0.2) is 60.7 Å². The molecule has 0 bridgehead atoms. The van der Waals surface area contributed by atoms with Crippen LogP contribution in [-0.4, -0.2) is 35.0 Å². The van der Waals surface area contributed by atoms with Gasteiger partial charge in [0, 0.05) is 28.6 Å². The van der Waals surface area contributed by atoms with Crippen molar-refractivity contribution in [2.45, 2.75) is 56.9 Å². The summed E-state index contributed by atoms with van der Waals surface area (Å²) >= 11 is 0. The molecule has 1 aliphatic heterocycles. The van der Waals surface area contributed by atoms with Crippen LogP contribution in [0.3, 0.4) is 0 Å². The number of carbonyl (C=O) groups is 1. The second-order valence-electron chi connectivity index (χ2n) is 11.0. The van der Waals surface area contributed by atoms with Crippen LogP contribution in [0.25, 0.3) is 33.8 Å². The Labute approximate surface area is 244 Å². The minimum absolute atomic E-state index is 0.0588. The van der Waals surface area contributed by atoms with Crippen LogP contribution in [-0.2, 0) is 6.54 Å². The number of methoxy groups -OCH3 is 1. The molecule has 43 heavy (non-hydrogen) atoms. The molecular formula is C33H28F5NO4. The van der Waals surface area contributed by atoms with E-state index in [1.54, 1.807) is 24.3 Å². The lowest BCUT2D eigenvalue weighted by molar-refractivity contribution is -0.360. The Hall–Kier alpha value is -4.34. The lowest BCUT2D eigenvalue weighted by Gasteiger charge is -2.24. The summed E-state index contributed by atoms with van der Waals surface area (Å²) < 4.78 is 79.4. The highest BCUT2D eigenvalue weighted by Crippen LogP contribution is 2.49. The highest BCUT2D eigenvalue weighted by molar-refractivity contribution is 6.01. The van der Waals surface area contributed by atoms with Crippen LogP contribution in [0.4, 0.5) is 22.0 Å². The molecule has 1 saturated carbocycles. The molecule has 0 unspecified atom stereocenters. The number of carboxylic acids is 1. The lowest BCUT2D eigenvalue weighted by atomic mass is 9.81. The average Bonchev–Trinajstić information content (AvgIpc) is 3.19. The number of aromatic nitrogens is 1. The first kappa shape index (κ1) is 28.8. The van der Waals surface area contributed by atoms with E-state index >= 15 is 0 Å². The Balaban J connectivity index is 1.62. The molecule has 3 aromatic carbocycles. The van der Waals surface area contributed by atoms with E-state index in [1.807, 2.05) is 22.8 Å². The molecule has 1 aliphatic carbocycles. The maximum atomic E-state index is 14.1. The van der Waals surface area contributed by atoms with Crippen molar-refractivity contribution in [3.63, 3.8) is 0 Å². The van der Waals surface area contributed by atoms with Gasteiger partial charge in [-0.3, -0.25) is 0 Å². The van der Waals surface area contributed by atoms with Gasteiger partial charge in [0.1, 0.15) is 11.5 Å². The number of ether oxygens (including phenoxy) is 2. The molecule has 224 valence electrons. The van der Waals surface area contributed by atoms with E-state index in [2.05, 4.69) is 4.74 Å². The lowest BCUT2D eigenvalue weighted by Crippen LogP contribution is -2.42. The van der Waals surface area contributed by atoms with E-state index in [1.165, 1.54) is 25.3 Å². The molecule has 0 amide bonds. The normalized spacial score (nSPS) is 15.8. The predicted octanol–water partition coefficient (Wildman–Crippen LogP) is 9.15. The highest BCUT2D eigenvalue weighted by Gasteiger charge is 2.61. The van der Waals surface area contributed by atoms with Crippen molar-refractivity contribution >= 4 is 28.5 Å². The second-order valence-corrected chi connectivity index (χ2v) is 11.0. The topological polar surface area (TPSA) is 60.7 Å². The van der Waals surface area contributed by atoms with E-state index < -0.39 is 24.0 Å². The maximum Gasteiger partial charge on any atom is 0.499 e. The number of hydrogen-bond donors (Lipinski definition) is 1. The van der Waals surface area contributed by atoms with Gasteiger partial charge in [0.2, 0.25) is 0 Å². The van der Waals surface area contributed by atoms with Crippen molar-refractivity contribution in [2.75, 3.05) is 7.11 Å². The van der Waals surface area contributed by atoms with E-state index in [4.69, 9.17) is 4.74 Å². The number of carboxylic acid groups (broad SMARTS) is 1. The van der Waals surface area contributed by atoms with Gasteiger partial charge in [-0.15, -0.1) is 0 Å². The first-order valence-electron chi connectivity index (χ1n) is 14.0. The molecule has 5 nitrogen and oxygen atoms in total. The van der Waals surface area contributed by atoms with Gasteiger partial charge >= 0.3 is 18.3 Å². The fraction of sp³-hybridized carbons (Fsp3) is 0.303. The molecular weight excluding hydrogens is 569 g/mol. The molecule has 4 aromatic rings. The van der Waals surface area contributed by atoms with E-state index in [9.17, 15) is 31.9 Å². The number of halogens is 5. The summed E-state index contributed by atoms with van der Waals surface area (Å²) in [5.41, 5.74) is 4.66. The first-order chi connectivity index (χ1) is 20.5. The molecule has 6 rings (SSSR count). The van der Waals surface area contributed by atoms with Gasteiger partial charge in [-0.2, -0.15) is 22.0 Å². The Kier molecular flexibility index (Phi) is 7.18. The Morgan fingerprint density at radius 3 is 2.37 bits per heavy atom. The number of nitrogens with zero attached hydrogens (tertiary/aromatic N) is 1. The standard InChI is InChI=1S/C33H28F5NO4/c1-42-23-12-14-25-21(16-23)15-22(24-9-5-6-10-28(24)43-33(37,38)32(34,35)36)18-39-27-17-20(31(40)41)11-13-26(27)29(30(25)39)19-7-3-2-4-8-19/h5-6,9-17,19H,2-4,7-8,18H2,1H3,(H,40,41). The molecule has 2 heterocycles. The molecule has 2 aliphatic rings. The maximum absolute atomic E-state index is 14.1. The number of rotatable bonds is 6. The molecule has 0 radical (unpaired) electrons. The van der Waals surface area contributed by atoms with Gasteiger partial charge < -0.3 is 19.1 Å². The van der Waals surface area contributed by atoms with Gasteiger partial charge in [0.05, 0.1) is 18.4 Å². The summed E-state index contributed by atoms with van der Waals surface area (Å²) in [5.74, 6) is -0.973. The van der Waals surface area contributed by atoms with Crippen molar-refractivity contribution in [2.24, 2.45) is 0 Å².